The van der Waals surface area contributed by atoms with Gasteiger partial charge in [-0.2, -0.15) is 0 Å². The van der Waals surface area contributed by atoms with E-state index in [2.05, 4.69) is 0 Å². The van der Waals surface area contributed by atoms with Crippen molar-refractivity contribution in [3.05, 3.63) is 0 Å². The molecule has 0 aliphatic heterocycles. The highest BCUT2D eigenvalue weighted by atomic mass is 16.5. The number of Topliss-reactive ketones (excluding diaryl/α,β-unsaturated/α-hetero) is 2. The molecule has 0 aromatic carbocycles. The summed E-state index contributed by atoms with van der Waals surface area (Å²) in [6.45, 7) is 11.0. The average molecular weight is 202 g/mol. The first-order valence-corrected chi connectivity index (χ1v) is 4.90. The van der Waals surface area contributed by atoms with Crippen molar-refractivity contribution in [1.29, 1.82) is 0 Å². The SMILES string of the molecule is CC(=O)CC(C)=O.CC(C)OC(C)C. The number of ketones is 2. The molecular weight excluding hydrogens is 180 g/mol. The van der Waals surface area contributed by atoms with E-state index in [1.807, 2.05) is 27.7 Å². The van der Waals surface area contributed by atoms with Gasteiger partial charge in [0.2, 0.25) is 0 Å². The fourth-order valence-corrected chi connectivity index (χ4v) is 0.895. The Morgan fingerprint density at radius 1 is 0.929 bits per heavy atom. The minimum Gasteiger partial charge on any atom is -0.376 e. The molecule has 0 radical (unpaired) electrons. The summed E-state index contributed by atoms with van der Waals surface area (Å²) < 4.78 is 5.25. The highest BCUT2D eigenvalue weighted by molar-refractivity contribution is 5.96. The predicted octanol–water partition coefficient (Wildman–Crippen LogP) is 2.37. The smallest absolute Gasteiger partial charge is 0.137 e. The second kappa shape index (κ2) is 8.88. The van der Waals surface area contributed by atoms with Crippen molar-refractivity contribution in [3.8, 4) is 0 Å². The average Bonchev–Trinajstić information content (AvgIpc) is 1.79. The van der Waals surface area contributed by atoms with Crippen molar-refractivity contribution in [1.82, 2.24) is 0 Å². The van der Waals surface area contributed by atoms with E-state index in [0.29, 0.717) is 12.2 Å². The molecule has 0 amide bonds. The summed E-state index contributed by atoms with van der Waals surface area (Å²) in [7, 11) is 0. The first-order valence-electron chi connectivity index (χ1n) is 4.90. The molecule has 0 unspecified atom stereocenters. The molecule has 0 aromatic rings. The van der Waals surface area contributed by atoms with Crippen molar-refractivity contribution in [2.45, 2.75) is 60.2 Å². The van der Waals surface area contributed by atoms with Gasteiger partial charge < -0.3 is 4.74 Å². The first-order chi connectivity index (χ1) is 6.25. The number of rotatable bonds is 4. The Morgan fingerprint density at radius 2 is 1.21 bits per heavy atom. The van der Waals surface area contributed by atoms with Crippen molar-refractivity contribution in [2.24, 2.45) is 0 Å². The molecule has 0 aliphatic rings. The molecule has 0 saturated carbocycles. The molecule has 0 aromatic heterocycles. The lowest BCUT2D eigenvalue weighted by Crippen LogP contribution is -2.09. The normalized spacial score (nSPS) is 9.71. The van der Waals surface area contributed by atoms with Gasteiger partial charge in [-0.1, -0.05) is 0 Å². The van der Waals surface area contributed by atoms with Crippen LogP contribution in [0, 0.1) is 0 Å². The van der Waals surface area contributed by atoms with Crippen LogP contribution in [-0.4, -0.2) is 23.8 Å². The van der Waals surface area contributed by atoms with Crippen LogP contribution in [0.5, 0.6) is 0 Å². The number of ether oxygens (including phenoxy) is 1. The van der Waals surface area contributed by atoms with Crippen LogP contribution in [0.3, 0.4) is 0 Å². The molecule has 0 spiro atoms. The predicted molar refractivity (Wildman–Crippen MR) is 57.3 cm³/mol. The molecule has 0 N–H and O–H groups in total. The van der Waals surface area contributed by atoms with Crippen LogP contribution in [0.1, 0.15) is 48.0 Å². The number of carbonyl (C=O) groups is 2. The van der Waals surface area contributed by atoms with Gasteiger partial charge in [0.05, 0.1) is 18.6 Å². The van der Waals surface area contributed by atoms with E-state index in [1.165, 1.54) is 13.8 Å². The van der Waals surface area contributed by atoms with Crippen molar-refractivity contribution in [2.75, 3.05) is 0 Å². The van der Waals surface area contributed by atoms with E-state index < -0.39 is 0 Å². The fourth-order valence-electron chi connectivity index (χ4n) is 0.895. The Hall–Kier alpha value is -0.700. The van der Waals surface area contributed by atoms with Crippen LogP contribution in [0.2, 0.25) is 0 Å². The summed E-state index contributed by atoms with van der Waals surface area (Å²) >= 11 is 0. The summed E-state index contributed by atoms with van der Waals surface area (Å²) in [5.74, 6) is -0.125. The maximum atomic E-state index is 10.0. The van der Waals surface area contributed by atoms with Crippen LogP contribution in [-0.2, 0) is 14.3 Å². The highest BCUT2D eigenvalue weighted by Crippen LogP contribution is 1.93. The summed E-state index contributed by atoms with van der Waals surface area (Å²) in [6.07, 6.45) is 0.833. The van der Waals surface area contributed by atoms with Gasteiger partial charge in [0.25, 0.3) is 0 Å². The maximum absolute atomic E-state index is 10.0. The van der Waals surface area contributed by atoms with E-state index in [-0.39, 0.29) is 18.0 Å². The topological polar surface area (TPSA) is 43.4 Å². The molecule has 3 heteroatoms. The standard InChI is InChI=1S/C6H14O.C5H8O2/c1-5(2)7-6(3)4;1-4(6)3-5(2)7/h5-6H,1-4H3;3H2,1-2H3. The van der Waals surface area contributed by atoms with Crippen molar-refractivity contribution >= 4 is 11.6 Å². The molecule has 84 valence electrons. The summed E-state index contributed by atoms with van der Waals surface area (Å²) in [4.78, 5) is 20.1. The van der Waals surface area contributed by atoms with Gasteiger partial charge in [0.15, 0.2) is 0 Å². The third-order valence-corrected chi connectivity index (χ3v) is 1.04. The molecule has 3 nitrogen and oxygen atoms in total. The fraction of sp³-hybridized carbons (Fsp3) is 0.818. The Morgan fingerprint density at radius 3 is 1.21 bits per heavy atom. The minimum absolute atomic E-state index is 0.0625. The third-order valence-electron chi connectivity index (χ3n) is 1.04. The summed E-state index contributed by atoms with van der Waals surface area (Å²) in [5.41, 5.74) is 0. The lowest BCUT2D eigenvalue weighted by atomic mass is 10.2. The van der Waals surface area contributed by atoms with Crippen molar-refractivity contribution < 1.29 is 14.3 Å². The molecular formula is C11H22O3. The second-order valence-electron chi connectivity index (χ2n) is 3.81. The van der Waals surface area contributed by atoms with Gasteiger partial charge >= 0.3 is 0 Å². The van der Waals surface area contributed by atoms with Crippen LogP contribution in [0.25, 0.3) is 0 Å². The van der Waals surface area contributed by atoms with Crippen LogP contribution < -0.4 is 0 Å². The number of hydrogen-bond acceptors (Lipinski definition) is 3. The lowest BCUT2D eigenvalue weighted by molar-refractivity contribution is -0.124. The van der Waals surface area contributed by atoms with E-state index in [9.17, 15) is 9.59 Å². The molecule has 0 heterocycles. The van der Waals surface area contributed by atoms with Crippen LogP contribution >= 0.6 is 0 Å². The Bertz CT molecular complexity index is 153. The summed E-state index contributed by atoms with van der Waals surface area (Å²) in [5, 5.41) is 0. The number of carbonyl (C=O) groups excluding carboxylic acids is 2. The minimum atomic E-state index is -0.0625. The Labute approximate surface area is 86.8 Å². The third kappa shape index (κ3) is 22.5. The maximum Gasteiger partial charge on any atom is 0.137 e. The van der Waals surface area contributed by atoms with Crippen LogP contribution in [0.15, 0.2) is 0 Å². The molecule has 0 atom stereocenters. The van der Waals surface area contributed by atoms with E-state index in [4.69, 9.17) is 4.74 Å². The molecule has 14 heavy (non-hydrogen) atoms. The zero-order chi connectivity index (χ0) is 11.7. The zero-order valence-electron chi connectivity index (χ0n) is 10.1. The molecule has 0 fully saturated rings. The highest BCUT2D eigenvalue weighted by Gasteiger charge is 1.95. The zero-order valence-corrected chi connectivity index (χ0v) is 10.1. The van der Waals surface area contributed by atoms with Gasteiger partial charge in [0, 0.05) is 0 Å². The summed E-state index contributed by atoms with van der Waals surface area (Å²) in [6, 6.07) is 0. The van der Waals surface area contributed by atoms with E-state index >= 15 is 0 Å². The quantitative estimate of drug-likeness (QED) is 0.657. The van der Waals surface area contributed by atoms with Crippen molar-refractivity contribution in [3.63, 3.8) is 0 Å². The van der Waals surface area contributed by atoms with Gasteiger partial charge in [-0.05, 0) is 41.5 Å². The Kier molecular flexibility index (Phi) is 9.99. The monoisotopic (exact) mass is 202 g/mol. The van der Waals surface area contributed by atoms with E-state index in [0.717, 1.165) is 0 Å². The molecule has 0 saturated heterocycles. The molecule has 0 aliphatic carbocycles. The van der Waals surface area contributed by atoms with Gasteiger partial charge in [-0.3, -0.25) is 9.59 Å². The van der Waals surface area contributed by atoms with Crippen LogP contribution in [0.4, 0.5) is 0 Å². The first kappa shape index (κ1) is 15.8. The number of hydrogen-bond donors (Lipinski definition) is 0. The van der Waals surface area contributed by atoms with E-state index in [1.54, 1.807) is 0 Å². The van der Waals surface area contributed by atoms with Gasteiger partial charge in [-0.25, -0.2) is 0 Å². The Balaban J connectivity index is 0. The largest absolute Gasteiger partial charge is 0.376 e. The lowest BCUT2D eigenvalue weighted by Gasteiger charge is -2.09. The molecule has 0 bridgehead atoms. The molecule has 0 rings (SSSR count). The second-order valence-corrected chi connectivity index (χ2v) is 3.81. The van der Waals surface area contributed by atoms with Gasteiger partial charge in [-0.15, -0.1) is 0 Å². The van der Waals surface area contributed by atoms with Gasteiger partial charge in [0.1, 0.15) is 11.6 Å².